The Balaban J connectivity index is 1.63. The van der Waals surface area contributed by atoms with E-state index in [9.17, 15) is 9.59 Å². The topological polar surface area (TPSA) is 115 Å². The average Bonchev–Trinajstić information content (AvgIpc) is 3.30. The molecule has 0 aromatic carbocycles. The highest BCUT2D eigenvalue weighted by Gasteiger charge is 2.31. The predicted molar refractivity (Wildman–Crippen MR) is 96.3 cm³/mol. The summed E-state index contributed by atoms with van der Waals surface area (Å²) in [5.41, 5.74) is 0.569. The zero-order chi connectivity index (χ0) is 20.1. The zero-order valence-corrected chi connectivity index (χ0v) is 16.4. The Hall–Kier alpha value is -2.75. The molecule has 0 radical (unpaired) electrons. The van der Waals surface area contributed by atoms with E-state index < -0.39 is 0 Å². The van der Waals surface area contributed by atoms with Crippen molar-refractivity contribution in [3.8, 4) is 0 Å². The molecule has 1 atom stereocenters. The molecule has 1 unspecified atom stereocenters. The number of hydrogen-bond acceptors (Lipinski definition) is 8. The number of carbonyl (C=O) groups is 2. The Morgan fingerprint density at radius 2 is 2.25 bits per heavy atom. The lowest BCUT2D eigenvalue weighted by molar-refractivity contribution is -0.132. The Kier molecular flexibility index (Phi) is 6.40. The van der Waals surface area contributed by atoms with Gasteiger partial charge in [-0.3, -0.25) is 9.59 Å². The van der Waals surface area contributed by atoms with Gasteiger partial charge in [0.2, 0.25) is 11.7 Å². The molecule has 10 heteroatoms. The molecule has 0 saturated carbocycles. The quantitative estimate of drug-likeness (QED) is 0.692. The first-order chi connectivity index (χ1) is 13.5. The second-order valence-electron chi connectivity index (χ2n) is 6.81. The van der Waals surface area contributed by atoms with Crippen molar-refractivity contribution in [2.75, 3.05) is 26.7 Å². The number of nitrogens with zero attached hydrogens (tertiary/aromatic N) is 5. The van der Waals surface area contributed by atoms with Crippen LogP contribution >= 0.6 is 0 Å². The van der Waals surface area contributed by atoms with Crippen LogP contribution in [0.25, 0.3) is 0 Å². The van der Waals surface area contributed by atoms with Gasteiger partial charge < -0.3 is 23.5 Å². The summed E-state index contributed by atoms with van der Waals surface area (Å²) in [4.78, 5) is 36.7. The lowest BCUT2D eigenvalue weighted by Crippen LogP contribution is -2.51. The summed E-state index contributed by atoms with van der Waals surface area (Å²) in [5, 5.41) is 3.91. The number of hydrogen-bond donors (Lipinski definition) is 0. The van der Waals surface area contributed by atoms with Crippen LogP contribution in [0.4, 0.5) is 0 Å². The zero-order valence-electron chi connectivity index (χ0n) is 16.4. The van der Waals surface area contributed by atoms with Crippen LogP contribution < -0.4 is 0 Å². The Labute approximate surface area is 162 Å². The molecule has 3 heterocycles. The van der Waals surface area contributed by atoms with Crippen molar-refractivity contribution in [3.63, 3.8) is 0 Å². The van der Waals surface area contributed by atoms with Gasteiger partial charge in [0.25, 0.3) is 11.8 Å². The van der Waals surface area contributed by atoms with E-state index in [1.165, 1.54) is 13.3 Å². The minimum atomic E-state index is -0.189. The fraction of sp³-hybridized carbons (Fsp3) is 0.611. The van der Waals surface area contributed by atoms with E-state index in [1.807, 2.05) is 0 Å². The van der Waals surface area contributed by atoms with Gasteiger partial charge in [-0.05, 0) is 19.8 Å². The second kappa shape index (κ2) is 8.96. The molecule has 152 valence electrons. The molecule has 10 nitrogen and oxygen atoms in total. The predicted octanol–water partition coefficient (Wildman–Crippen LogP) is 1.21. The Morgan fingerprint density at radius 1 is 1.43 bits per heavy atom. The third-order valence-electron chi connectivity index (χ3n) is 4.82. The third kappa shape index (κ3) is 4.56. The number of aromatic nitrogens is 3. The van der Waals surface area contributed by atoms with Crippen molar-refractivity contribution >= 4 is 11.8 Å². The third-order valence-corrected chi connectivity index (χ3v) is 4.82. The van der Waals surface area contributed by atoms with Crippen LogP contribution in [0.5, 0.6) is 0 Å². The number of carbonyl (C=O) groups excluding carboxylic acids is 2. The SMILES string of the molecule is COCc1nc(CCN(C(C)=O)C2CCCN(C(=O)c3ocnc3C)C2)no1. The van der Waals surface area contributed by atoms with Gasteiger partial charge >= 0.3 is 0 Å². The van der Waals surface area contributed by atoms with Crippen molar-refractivity contribution in [2.24, 2.45) is 0 Å². The Bertz CT molecular complexity index is 817. The van der Waals surface area contributed by atoms with Crippen LogP contribution in [0.1, 0.15) is 47.7 Å². The van der Waals surface area contributed by atoms with Crippen LogP contribution in [-0.2, 0) is 22.6 Å². The van der Waals surface area contributed by atoms with Gasteiger partial charge in [-0.1, -0.05) is 5.16 Å². The first kappa shape index (κ1) is 20.0. The normalized spacial score (nSPS) is 17.0. The molecule has 0 bridgehead atoms. The lowest BCUT2D eigenvalue weighted by Gasteiger charge is -2.38. The summed E-state index contributed by atoms with van der Waals surface area (Å²) in [5.74, 6) is 0.955. The number of oxazole rings is 1. The standard InChI is InChI=1S/C18H25N5O5/c1-12-17(27-11-19-12)18(25)22-7-4-5-14(9-22)23(13(2)24)8-6-15-20-16(10-26-3)28-21-15/h11,14H,4-10H2,1-3H3. The summed E-state index contributed by atoms with van der Waals surface area (Å²) < 4.78 is 15.3. The minimum absolute atomic E-state index is 0.0456. The maximum absolute atomic E-state index is 12.7. The van der Waals surface area contributed by atoms with Crippen molar-refractivity contribution in [1.29, 1.82) is 0 Å². The van der Waals surface area contributed by atoms with Crippen molar-refractivity contribution in [1.82, 2.24) is 24.9 Å². The summed E-state index contributed by atoms with van der Waals surface area (Å²) in [7, 11) is 1.55. The summed E-state index contributed by atoms with van der Waals surface area (Å²) in [6, 6.07) is -0.0659. The molecule has 0 aliphatic carbocycles. The largest absolute Gasteiger partial charge is 0.438 e. The van der Waals surface area contributed by atoms with Gasteiger partial charge in [0.1, 0.15) is 6.61 Å². The van der Waals surface area contributed by atoms with Gasteiger partial charge in [0.15, 0.2) is 12.2 Å². The summed E-state index contributed by atoms with van der Waals surface area (Å²) in [6.07, 6.45) is 3.39. The highest BCUT2D eigenvalue weighted by Crippen LogP contribution is 2.20. The van der Waals surface area contributed by atoms with Crippen molar-refractivity contribution < 1.29 is 23.3 Å². The van der Waals surface area contributed by atoms with Gasteiger partial charge in [0.05, 0.1) is 5.69 Å². The maximum atomic E-state index is 12.7. The molecule has 1 aliphatic heterocycles. The van der Waals surface area contributed by atoms with Crippen LogP contribution in [0.2, 0.25) is 0 Å². The van der Waals surface area contributed by atoms with Crippen LogP contribution in [0, 0.1) is 6.92 Å². The number of aryl methyl sites for hydroxylation is 1. The number of piperidine rings is 1. The molecule has 28 heavy (non-hydrogen) atoms. The van der Waals surface area contributed by atoms with E-state index in [0.29, 0.717) is 43.5 Å². The van der Waals surface area contributed by atoms with Crippen LogP contribution in [0.15, 0.2) is 15.3 Å². The molecule has 1 saturated heterocycles. The highest BCUT2D eigenvalue weighted by molar-refractivity contribution is 5.92. The Morgan fingerprint density at radius 3 is 2.93 bits per heavy atom. The van der Waals surface area contributed by atoms with Crippen molar-refractivity contribution in [2.45, 2.75) is 45.8 Å². The van der Waals surface area contributed by atoms with Crippen LogP contribution in [0.3, 0.4) is 0 Å². The van der Waals surface area contributed by atoms with E-state index in [4.69, 9.17) is 13.7 Å². The molecule has 1 fully saturated rings. The van der Waals surface area contributed by atoms with Crippen molar-refractivity contribution in [3.05, 3.63) is 29.6 Å². The average molecular weight is 391 g/mol. The lowest BCUT2D eigenvalue weighted by atomic mass is 10.0. The number of rotatable bonds is 7. The van der Waals surface area contributed by atoms with Crippen LogP contribution in [-0.4, -0.2) is 69.5 Å². The molecule has 0 N–H and O–H groups in total. The number of likely N-dealkylation sites (tertiary alicyclic amines) is 1. The second-order valence-corrected chi connectivity index (χ2v) is 6.81. The van der Waals surface area contributed by atoms with Gasteiger partial charge in [0, 0.05) is 46.1 Å². The fourth-order valence-electron chi connectivity index (χ4n) is 3.44. The minimum Gasteiger partial charge on any atom is -0.438 e. The summed E-state index contributed by atoms with van der Waals surface area (Å²) >= 11 is 0. The number of ether oxygens (including phenoxy) is 1. The molecule has 3 rings (SSSR count). The smallest absolute Gasteiger partial charge is 0.291 e. The molecule has 2 aromatic rings. The summed E-state index contributed by atoms with van der Waals surface area (Å²) in [6.45, 7) is 5.07. The first-order valence-electron chi connectivity index (χ1n) is 9.26. The number of amides is 2. The van der Waals surface area contributed by atoms with Gasteiger partial charge in [-0.25, -0.2) is 4.98 Å². The first-order valence-corrected chi connectivity index (χ1v) is 9.26. The maximum Gasteiger partial charge on any atom is 0.291 e. The van der Waals surface area contributed by atoms with Gasteiger partial charge in [-0.15, -0.1) is 0 Å². The van der Waals surface area contributed by atoms with E-state index in [1.54, 1.807) is 23.8 Å². The molecule has 2 aromatic heterocycles. The number of methoxy groups -OCH3 is 1. The molecule has 0 spiro atoms. The molecular weight excluding hydrogens is 366 g/mol. The fourth-order valence-corrected chi connectivity index (χ4v) is 3.44. The highest BCUT2D eigenvalue weighted by atomic mass is 16.5. The monoisotopic (exact) mass is 391 g/mol. The molecule has 2 amide bonds. The van der Waals surface area contributed by atoms with E-state index >= 15 is 0 Å². The van der Waals surface area contributed by atoms with E-state index in [2.05, 4.69) is 15.1 Å². The molecule has 1 aliphatic rings. The van der Waals surface area contributed by atoms with E-state index in [-0.39, 0.29) is 30.2 Å². The molecular formula is C18H25N5O5. The van der Waals surface area contributed by atoms with Gasteiger partial charge in [-0.2, -0.15) is 4.98 Å². The van der Waals surface area contributed by atoms with E-state index in [0.717, 1.165) is 12.8 Å².